The second kappa shape index (κ2) is 6.08. The summed E-state index contributed by atoms with van der Waals surface area (Å²) in [6.45, 7) is 8.46. The fraction of sp³-hybridized carbons (Fsp3) is 0.714. The highest BCUT2D eigenvalue weighted by Gasteiger charge is 2.40. The Hall–Kier alpha value is -0.890. The summed E-state index contributed by atoms with van der Waals surface area (Å²) in [4.78, 5) is 0.365. The second-order valence-electron chi connectivity index (χ2n) is 5.93. The van der Waals surface area contributed by atoms with E-state index < -0.39 is 15.6 Å². The minimum atomic E-state index is -3.50. The lowest BCUT2D eigenvalue weighted by Crippen LogP contribution is -2.55. The standard InChI is InChI=1S/C14H25N3O3S/c1-5-16-10-13(8-12(16)9-15-4)21(18,19)17-6-7-20-11-14(17,2)3/h8,10,15H,5-7,9,11H2,1-4H3. The number of nitrogens with one attached hydrogen (secondary N) is 1. The molecule has 0 saturated carbocycles. The lowest BCUT2D eigenvalue weighted by atomic mass is 10.1. The van der Waals surface area contributed by atoms with Crippen molar-refractivity contribution in [1.82, 2.24) is 14.2 Å². The van der Waals surface area contributed by atoms with E-state index in [-0.39, 0.29) is 0 Å². The zero-order valence-corrected chi connectivity index (χ0v) is 14.0. The molecule has 0 radical (unpaired) electrons. The zero-order chi connectivity index (χ0) is 15.7. The number of nitrogens with zero attached hydrogens (tertiary/aromatic N) is 2. The Morgan fingerprint density at radius 2 is 2.14 bits per heavy atom. The van der Waals surface area contributed by atoms with Crippen molar-refractivity contribution in [3.63, 3.8) is 0 Å². The maximum Gasteiger partial charge on any atom is 0.245 e. The van der Waals surface area contributed by atoms with Gasteiger partial charge in [0.05, 0.1) is 18.8 Å². The average molecular weight is 315 g/mol. The van der Waals surface area contributed by atoms with Gasteiger partial charge in [0.2, 0.25) is 10.0 Å². The van der Waals surface area contributed by atoms with Gasteiger partial charge < -0.3 is 14.6 Å². The van der Waals surface area contributed by atoms with E-state index in [9.17, 15) is 8.42 Å². The fourth-order valence-electron chi connectivity index (χ4n) is 2.71. The SMILES string of the molecule is CCn1cc(S(=O)(=O)N2CCOCC2(C)C)cc1CNC. The van der Waals surface area contributed by atoms with E-state index in [1.165, 1.54) is 0 Å². The van der Waals surface area contributed by atoms with Crippen LogP contribution in [0.1, 0.15) is 26.5 Å². The second-order valence-corrected chi connectivity index (χ2v) is 7.79. The predicted octanol–water partition coefficient (Wildman–Crippen LogP) is 1.03. The van der Waals surface area contributed by atoms with Crippen LogP contribution in [0.2, 0.25) is 0 Å². The number of aryl methyl sites for hydroxylation is 1. The number of sulfonamides is 1. The van der Waals surface area contributed by atoms with E-state index in [4.69, 9.17) is 4.74 Å². The Balaban J connectivity index is 2.39. The summed E-state index contributed by atoms with van der Waals surface area (Å²) in [5.41, 5.74) is 0.457. The molecule has 0 atom stereocenters. The van der Waals surface area contributed by atoms with Crippen LogP contribution < -0.4 is 5.32 Å². The first-order chi connectivity index (χ1) is 9.82. The van der Waals surface area contributed by atoms with Crippen LogP contribution in [-0.4, -0.2) is 49.6 Å². The van der Waals surface area contributed by atoms with Gasteiger partial charge in [-0.3, -0.25) is 0 Å². The zero-order valence-electron chi connectivity index (χ0n) is 13.2. The van der Waals surface area contributed by atoms with E-state index in [1.54, 1.807) is 16.6 Å². The molecule has 1 aromatic rings. The lowest BCUT2D eigenvalue weighted by Gasteiger charge is -2.40. The number of rotatable bonds is 5. The minimum Gasteiger partial charge on any atom is -0.378 e. The van der Waals surface area contributed by atoms with Gasteiger partial charge >= 0.3 is 0 Å². The van der Waals surface area contributed by atoms with Crippen molar-refractivity contribution >= 4 is 10.0 Å². The van der Waals surface area contributed by atoms with E-state index in [1.807, 2.05) is 32.4 Å². The molecule has 0 unspecified atom stereocenters. The molecule has 120 valence electrons. The molecule has 7 heteroatoms. The summed E-state index contributed by atoms with van der Waals surface area (Å²) in [7, 11) is -1.64. The van der Waals surface area contributed by atoms with Crippen LogP contribution in [0.5, 0.6) is 0 Å². The molecule has 6 nitrogen and oxygen atoms in total. The predicted molar refractivity (Wildman–Crippen MR) is 81.7 cm³/mol. The summed E-state index contributed by atoms with van der Waals surface area (Å²) < 4.78 is 34.8. The molecule has 1 aromatic heterocycles. The fourth-order valence-corrected chi connectivity index (χ4v) is 4.53. The normalized spacial score (nSPS) is 19.8. The van der Waals surface area contributed by atoms with Crippen LogP contribution in [0.3, 0.4) is 0 Å². The van der Waals surface area contributed by atoms with E-state index >= 15 is 0 Å². The van der Waals surface area contributed by atoms with Crippen LogP contribution in [0.15, 0.2) is 17.2 Å². The molecule has 0 bridgehead atoms. The Kier molecular flexibility index (Phi) is 4.77. The highest BCUT2D eigenvalue weighted by atomic mass is 32.2. The first-order valence-electron chi connectivity index (χ1n) is 7.27. The highest BCUT2D eigenvalue weighted by Crippen LogP contribution is 2.28. The van der Waals surface area contributed by atoms with Gasteiger partial charge in [-0.15, -0.1) is 0 Å². The molecular weight excluding hydrogens is 290 g/mol. The lowest BCUT2D eigenvalue weighted by molar-refractivity contribution is -0.00770. The molecule has 1 aliphatic heterocycles. The van der Waals surface area contributed by atoms with Crippen molar-refractivity contribution in [2.24, 2.45) is 0 Å². The summed E-state index contributed by atoms with van der Waals surface area (Å²) in [5.74, 6) is 0. The molecule has 1 saturated heterocycles. The first kappa shape index (κ1) is 16.5. The van der Waals surface area contributed by atoms with E-state index in [0.29, 0.717) is 31.2 Å². The average Bonchev–Trinajstić information content (AvgIpc) is 2.82. The molecule has 0 spiro atoms. The van der Waals surface area contributed by atoms with Gasteiger partial charge in [-0.25, -0.2) is 8.42 Å². The van der Waals surface area contributed by atoms with Gasteiger partial charge in [0.1, 0.15) is 4.90 Å². The smallest absolute Gasteiger partial charge is 0.245 e. The molecule has 1 N–H and O–H groups in total. The third kappa shape index (κ3) is 3.15. The van der Waals surface area contributed by atoms with Gasteiger partial charge in [0, 0.05) is 31.5 Å². The third-order valence-corrected chi connectivity index (χ3v) is 5.89. The maximum atomic E-state index is 12.9. The summed E-state index contributed by atoms with van der Waals surface area (Å²) in [6.07, 6.45) is 1.73. The Bertz CT molecular complexity index is 593. The molecule has 21 heavy (non-hydrogen) atoms. The van der Waals surface area contributed by atoms with Crippen molar-refractivity contribution in [3.05, 3.63) is 18.0 Å². The first-order valence-corrected chi connectivity index (χ1v) is 8.71. The van der Waals surface area contributed by atoms with Gasteiger partial charge in [0.25, 0.3) is 0 Å². The summed E-state index contributed by atoms with van der Waals surface area (Å²) in [6, 6.07) is 1.76. The van der Waals surface area contributed by atoms with Crippen LogP contribution in [0, 0.1) is 0 Å². The molecule has 0 amide bonds. The minimum absolute atomic E-state index is 0.365. The summed E-state index contributed by atoms with van der Waals surface area (Å²) in [5, 5.41) is 3.07. The maximum absolute atomic E-state index is 12.9. The number of aromatic nitrogens is 1. The van der Waals surface area contributed by atoms with Crippen molar-refractivity contribution in [1.29, 1.82) is 0 Å². The number of morpholine rings is 1. The quantitative estimate of drug-likeness (QED) is 0.881. The van der Waals surface area contributed by atoms with Crippen LogP contribution >= 0.6 is 0 Å². The number of ether oxygens (including phenoxy) is 1. The molecule has 2 heterocycles. The molecule has 0 aliphatic carbocycles. The number of hydrogen-bond acceptors (Lipinski definition) is 4. The van der Waals surface area contributed by atoms with Gasteiger partial charge in [-0.05, 0) is 33.9 Å². The van der Waals surface area contributed by atoms with Crippen molar-refractivity contribution in [3.8, 4) is 0 Å². The highest BCUT2D eigenvalue weighted by molar-refractivity contribution is 7.89. The van der Waals surface area contributed by atoms with Crippen LogP contribution in [-0.2, 0) is 27.8 Å². The molecule has 1 aliphatic rings. The van der Waals surface area contributed by atoms with Gasteiger partial charge in [-0.1, -0.05) is 0 Å². The Morgan fingerprint density at radius 3 is 2.71 bits per heavy atom. The topological polar surface area (TPSA) is 63.6 Å². The van der Waals surface area contributed by atoms with Crippen LogP contribution in [0.4, 0.5) is 0 Å². The van der Waals surface area contributed by atoms with Gasteiger partial charge in [-0.2, -0.15) is 4.31 Å². The monoisotopic (exact) mass is 315 g/mol. The van der Waals surface area contributed by atoms with Crippen LogP contribution in [0.25, 0.3) is 0 Å². The Morgan fingerprint density at radius 1 is 1.43 bits per heavy atom. The van der Waals surface area contributed by atoms with Crippen molar-refractivity contribution in [2.45, 2.75) is 44.3 Å². The van der Waals surface area contributed by atoms with Crippen molar-refractivity contribution in [2.75, 3.05) is 26.8 Å². The van der Waals surface area contributed by atoms with E-state index in [0.717, 1.165) is 12.2 Å². The third-order valence-electron chi connectivity index (χ3n) is 3.82. The largest absolute Gasteiger partial charge is 0.378 e. The van der Waals surface area contributed by atoms with Crippen molar-refractivity contribution < 1.29 is 13.2 Å². The number of hydrogen-bond donors (Lipinski definition) is 1. The summed E-state index contributed by atoms with van der Waals surface area (Å²) >= 11 is 0. The molecular formula is C14H25N3O3S. The Labute approximate surface area is 127 Å². The molecule has 0 aromatic carbocycles. The van der Waals surface area contributed by atoms with E-state index in [2.05, 4.69) is 5.32 Å². The van der Waals surface area contributed by atoms with Gasteiger partial charge in [0.15, 0.2) is 0 Å². The molecule has 1 fully saturated rings. The molecule has 2 rings (SSSR count).